The van der Waals surface area contributed by atoms with E-state index >= 15 is 0 Å². The first-order chi connectivity index (χ1) is 9.58. The van der Waals surface area contributed by atoms with Gasteiger partial charge < -0.3 is 10.0 Å². The van der Waals surface area contributed by atoms with Crippen LogP contribution in [-0.2, 0) is 16.0 Å². The number of nitrogens with zero attached hydrogens (tertiary/aromatic N) is 2. The summed E-state index contributed by atoms with van der Waals surface area (Å²) in [7, 11) is 1.68. The lowest BCUT2D eigenvalue weighted by Gasteiger charge is -2.16. The van der Waals surface area contributed by atoms with E-state index in [1.807, 2.05) is 24.3 Å². The third-order valence-electron chi connectivity index (χ3n) is 3.18. The minimum absolute atomic E-state index is 0.0511. The molecule has 2 aromatic rings. The Labute approximate surface area is 116 Å². The van der Waals surface area contributed by atoms with E-state index in [1.54, 1.807) is 11.9 Å². The second-order valence-corrected chi connectivity index (χ2v) is 4.71. The third kappa shape index (κ3) is 3.34. The van der Waals surface area contributed by atoms with Gasteiger partial charge in [-0.15, -0.1) is 0 Å². The van der Waals surface area contributed by atoms with Gasteiger partial charge in [0, 0.05) is 25.4 Å². The van der Waals surface area contributed by atoms with Crippen LogP contribution in [0.25, 0.3) is 10.9 Å². The number of benzene rings is 1. The van der Waals surface area contributed by atoms with Gasteiger partial charge in [0.05, 0.1) is 17.6 Å². The van der Waals surface area contributed by atoms with Gasteiger partial charge in [-0.3, -0.25) is 14.7 Å². The zero-order valence-corrected chi connectivity index (χ0v) is 11.3. The van der Waals surface area contributed by atoms with Crippen LogP contribution >= 0.6 is 0 Å². The molecule has 0 saturated carbocycles. The Bertz CT molecular complexity index is 621. The fourth-order valence-corrected chi connectivity index (χ4v) is 2.03. The van der Waals surface area contributed by atoms with Gasteiger partial charge in [0.1, 0.15) is 0 Å². The number of H-pyrrole nitrogens is 1. The zero-order chi connectivity index (χ0) is 14.5. The van der Waals surface area contributed by atoms with Crippen molar-refractivity contribution in [1.29, 1.82) is 0 Å². The summed E-state index contributed by atoms with van der Waals surface area (Å²) in [6, 6.07) is 7.61. The molecule has 106 valence electrons. The van der Waals surface area contributed by atoms with Crippen LogP contribution in [0.1, 0.15) is 18.5 Å². The summed E-state index contributed by atoms with van der Waals surface area (Å²) < 4.78 is 0. The SMILES string of the molecule is CN(CCCC(=O)O)C(=O)Cc1[nH]nc2ccccc12. The van der Waals surface area contributed by atoms with Gasteiger partial charge in [-0.1, -0.05) is 18.2 Å². The Morgan fingerprint density at radius 2 is 2.10 bits per heavy atom. The van der Waals surface area contributed by atoms with Crippen molar-refractivity contribution in [3.63, 3.8) is 0 Å². The molecule has 1 aromatic heterocycles. The summed E-state index contributed by atoms with van der Waals surface area (Å²) in [5.74, 6) is -0.893. The number of carboxylic acids is 1. The number of aliphatic carboxylic acids is 1. The van der Waals surface area contributed by atoms with Gasteiger partial charge in [-0.05, 0) is 12.5 Å². The van der Waals surface area contributed by atoms with Crippen LogP contribution in [0.15, 0.2) is 24.3 Å². The van der Waals surface area contributed by atoms with Gasteiger partial charge in [0.15, 0.2) is 0 Å². The van der Waals surface area contributed by atoms with Crippen LogP contribution in [0.5, 0.6) is 0 Å². The summed E-state index contributed by atoms with van der Waals surface area (Å²) in [4.78, 5) is 24.1. The average molecular weight is 275 g/mol. The predicted molar refractivity (Wildman–Crippen MR) is 74.3 cm³/mol. The fraction of sp³-hybridized carbons (Fsp3) is 0.357. The molecule has 6 nitrogen and oxygen atoms in total. The van der Waals surface area contributed by atoms with E-state index < -0.39 is 5.97 Å². The number of amides is 1. The van der Waals surface area contributed by atoms with Gasteiger partial charge in [-0.25, -0.2) is 0 Å². The first-order valence-electron chi connectivity index (χ1n) is 6.45. The topological polar surface area (TPSA) is 86.3 Å². The standard InChI is InChI=1S/C14H17N3O3/c1-17(8-4-7-14(19)20)13(18)9-12-10-5-2-3-6-11(10)15-16-12/h2-3,5-6H,4,7-9H2,1H3,(H,15,16)(H,19,20). The smallest absolute Gasteiger partial charge is 0.303 e. The molecule has 2 N–H and O–H groups in total. The van der Waals surface area contributed by atoms with E-state index in [1.165, 1.54) is 0 Å². The largest absolute Gasteiger partial charge is 0.481 e. The molecule has 0 atom stereocenters. The maximum Gasteiger partial charge on any atom is 0.303 e. The number of rotatable bonds is 6. The van der Waals surface area contributed by atoms with Crippen molar-refractivity contribution in [2.24, 2.45) is 0 Å². The van der Waals surface area contributed by atoms with Gasteiger partial charge in [-0.2, -0.15) is 5.10 Å². The molecule has 0 aliphatic carbocycles. The monoisotopic (exact) mass is 275 g/mol. The number of para-hydroxylation sites is 1. The normalized spacial score (nSPS) is 10.7. The molecule has 1 heterocycles. The summed E-state index contributed by atoms with van der Waals surface area (Å²) in [5, 5.41) is 16.5. The Hall–Kier alpha value is -2.37. The second kappa shape index (κ2) is 6.18. The number of aromatic nitrogens is 2. The van der Waals surface area contributed by atoms with Crippen LogP contribution < -0.4 is 0 Å². The Morgan fingerprint density at radius 1 is 1.35 bits per heavy atom. The Balaban J connectivity index is 1.95. The number of carbonyl (C=O) groups excluding carboxylic acids is 1. The molecule has 0 aliphatic rings. The van der Waals surface area contributed by atoms with Gasteiger partial charge in [0.2, 0.25) is 5.91 Å². The molecular formula is C14H17N3O3. The van der Waals surface area contributed by atoms with Gasteiger partial charge >= 0.3 is 5.97 Å². The highest BCUT2D eigenvalue weighted by atomic mass is 16.4. The lowest BCUT2D eigenvalue weighted by Crippen LogP contribution is -2.29. The van der Waals surface area contributed by atoms with Crippen LogP contribution in [0.3, 0.4) is 0 Å². The van der Waals surface area contributed by atoms with E-state index in [4.69, 9.17) is 5.11 Å². The fourth-order valence-electron chi connectivity index (χ4n) is 2.03. The van der Waals surface area contributed by atoms with E-state index in [9.17, 15) is 9.59 Å². The minimum atomic E-state index is -0.842. The van der Waals surface area contributed by atoms with E-state index in [0.717, 1.165) is 16.6 Å². The number of carbonyl (C=O) groups is 2. The van der Waals surface area contributed by atoms with E-state index in [-0.39, 0.29) is 18.7 Å². The molecular weight excluding hydrogens is 258 g/mol. The number of hydrogen-bond acceptors (Lipinski definition) is 3. The lowest BCUT2D eigenvalue weighted by molar-refractivity contribution is -0.138. The summed E-state index contributed by atoms with van der Waals surface area (Å²) in [6.07, 6.45) is 0.774. The predicted octanol–water partition coefficient (Wildman–Crippen LogP) is 1.43. The van der Waals surface area contributed by atoms with Crippen molar-refractivity contribution in [2.45, 2.75) is 19.3 Å². The molecule has 0 unspecified atom stereocenters. The third-order valence-corrected chi connectivity index (χ3v) is 3.18. The molecule has 0 fully saturated rings. The number of fused-ring (bicyclic) bond motifs is 1. The van der Waals surface area contributed by atoms with Crippen molar-refractivity contribution in [3.8, 4) is 0 Å². The molecule has 20 heavy (non-hydrogen) atoms. The van der Waals surface area contributed by atoms with Crippen LogP contribution in [0, 0.1) is 0 Å². The van der Waals surface area contributed by atoms with Crippen LogP contribution in [0.2, 0.25) is 0 Å². The van der Waals surface area contributed by atoms with Crippen molar-refractivity contribution in [2.75, 3.05) is 13.6 Å². The summed E-state index contributed by atoms with van der Waals surface area (Å²) in [6.45, 7) is 0.442. The highest BCUT2D eigenvalue weighted by Gasteiger charge is 2.13. The number of nitrogens with one attached hydrogen (secondary N) is 1. The maximum atomic E-state index is 12.1. The molecule has 1 aromatic carbocycles. The maximum absolute atomic E-state index is 12.1. The first-order valence-corrected chi connectivity index (χ1v) is 6.45. The average Bonchev–Trinajstić information content (AvgIpc) is 2.81. The molecule has 0 saturated heterocycles. The molecule has 6 heteroatoms. The highest BCUT2D eigenvalue weighted by molar-refractivity contribution is 5.87. The second-order valence-electron chi connectivity index (χ2n) is 4.71. The lowest BCUT2D eigenvalue weighted by atomic mass is 10.1. The Kier molecular flexibility index (Phi) is 4.34. The number of aromatic amines is 1. The van der Waals surface area contributed by atoms with Crippen LogP contribution in [0.4, 0.5) is 0 Å². The van der Waals surface area contributed by atoms with E-state index in [0.29, 0.717) is 13.0 Å². The summed E-state index contributed by atoms with van der Waals surface area (Å²) in [5.41, 5.74) is 1.62. The van der Waals surface area contributed by atoms with E-state index in [2.05, 4.69) is 10.2 Å². The molecule has 2 rings (SSSR count). The molecule has 0 aliphatic heterocycles. The van der Waals surface area contributed by atoms with Gasteiger partial charge in [0.25, 0.3) is 0 Å². The molecule has 0 bridgehead atoms. The van der Waals surface area contributed by atoms with Crippen LogP contribution in [-0.4, -0.2) is 45.7 Å². The molecule has 0 radical (unpaired) electrons. The van der Waals surface area contributed by atoms with Crippen molar-refractivity contribution in [1.82, 2.24) is 15.1 Å². The van der Waals surface area contributed by atoms with Crippen molar-refractivity contribution < 1.29 is 14.7 Å². The van der Waals surface area contributed by atoms with Crippen molar-refractivity contribution in [3.05, 3.63) is 30.0 Å². The molecule has 0 spiro atoms. The zero-order valence-electron chi connectivity index (χ0n) is 11.3. The Morgan fingerprint density at radius 3 is 2.85 bits per heavy atom. The quantitative estimate of drug-likeness (QED) is 0.835. The number of carboxylic acid groups (broad SMARTS) is 1. The minimum Gasteiger partial charge on any atom is -0.481 e. The molecule has 1 amide bonds. The van der Waals surface area contributed by atoms with Crippen molar-refractivity contribution >= 4 is 22.8 Å². The first kappa shape index (κ1) is 14.0. The number of hydrogen-bond donors (Lipinski definition) is 2. The highest BCUT2D eigenvalue weighted by Crippen LogP contribution is 2.16. The number of likely N-dealkylation sites (N-methyl/N-ethyl adjacent to an activating group) is 1. The summed E-state index contributed by atoms with van der Waals surface area (Å²) >= 11 is 0.